The van der Waals surface area contributed by atoms with Crippen molar-refractivity contribution in [2.24, 2.45) is 0 Å². The minimum atomic E-state index is -4.53. The number of aromatic nitrogens is 1. The summed E-state index contributed by atoms with van der Waals surface area (Å²) < 4.78 is 51.8. The fraction of sp³-hybridized carbons (Fsp3) is 0.471. The predicted molar refractivity (Wildman–Crippen MR) is 85.7 cm³/mol. The van der Waals surface area contributed by atoms with Gasteiger partial charge in [-0.2, -0.15) is 13.2 Å². The molecule has 0 radical (unpaired) electrons. The maximum absolute atomic E-state index is 13.6. The van der Waals surface area contributed by atoms with E-state index in [1.54, 1.807) is 26.0 Å². The van der Waals surface area contributed by atoms with Crippen LogP contribution >= 0.6 is 0 Å². The standard InChI is InChI=1S/C17H19F3N2O2/c1-4-10-8-23-16-13(21-10)6-5-12-15(16)11(17(18,19)20)7-14(22-12)24-9(2)3/h5-7,9-10,21H,4,8H2,1-3H3. The highest BCUT2D eigenvalue weighted by Crippen LogP contribution is 2.44. The summed E-state index contributed by atoms with van der Waals surface area (Å²) >= 11 is 0. The molecule has 1 unspecified atom stereocenters. The zero-order valence-corrected chi connectivity index (χ0v) is 13.7. The first-order chi connectivity index (χ1) is 11.3. The molecular weight excluding hydrogens is 321 g/mol. The highest BCUT2D eigenvalue weighted by Gasteiger charge is 2.36. The van der Waals surface area contributed by atoms with Gasteiger partial charge in [-0.1, -0.05) is 6.92 Å². The van der Waals surface area contributed by atoms with Crippen LogP contribution in [-0.2, 0) is 6.18 Å². The Bertz CT molecular complexity index is 760. The van der Waals surface area contributed by atoms with Crippen LogP contribution in [0.25, 0.3) is 10.9 Å². The monoisotopic (exact) mass is 340 g/mol. The molecule has 130 valence electrons. The molecule has 3 rings (SSSR count). The predicted octanol–water partition coefficient (Wildman–Crippen LogP) is 4.62. The minimum absolute atomic E-state index is 0.0295. The SMILES string of the molecule is CCC1COc2c(ccc3nc(OC(C)C)cc(C(F)(F)F)c23)N1. The Morgan fingerprint density at radius 1 is 1.38 bits per heavy atom. The van der Waals surface area contributed by atoms with Gasteiger partial charge in [-0.3, -0.25) is 0 Å². The van der Waals surface area contributed by atoms with Crippen LogP contribution < -0.4 is 14.8 Å². The van der Waals surface area contributed by atoms with E-state index in [4.69, 9.17) is 9.47 Å². The van der Waals surface area contributed by atoms with Crippen LogP contribution in [0.15, 0.2) is 18.2 Å². The van der Waals surface area contributed by atoms with Crippen molar-refractivity contribution in [2.75, 3.05) is 11.9 Å². The van der Waals surface area contributed by atoms with Crippen molar-refractivity contribution in [1.82, 2.24) is 4.98 Å². The smallest absolute Gasteiger partial charge is 0.417 e. The van der Waals surface area contributed by atoms with E-state index in [-0.39, 0.29) is 34.7 Å². The summed E-state index contributed by atoms with van der Waals surface area (Å²) in [7, 11) is 0. The highest BCUT2D eigenvalue weighted by atomic mass is 19.4. The van der Waals surface area contributed by atoms with Crippen molar-refractivity contribution in [3.63, 3.8) is 0 Å². The summed E-state index contributed by atoms with van der Waals surface area (Å²) in [6.45, 7) is 5.79. The van der Waals surface area contributed by atoms with Crippen molar-refractivity contribution in [3.05, 3.63) is 23.8 Å². The topological polar surface area (TPSA) is 43.4 Å². The van der Waals surface area contributed by atoms with E-state index in [0.29, 0.717) is 12.3 Å². The summed E-state index contributed by atoms with van der Waals surface area (Å²) in [5, 5.41) is 3.18. The van der Waals surface area contributed by atoms with Gasteiger partial charge in [0.25, 0.3) is 0 Å². The number of hydrogen-bond donors (Lipinski definition) is 1. The van der Waals surface area contributed by atoms with Gasteiger partial charge in [0.1, 0.15) is 6.61 Å². The fourth-order valence-electron chi connectivity index (χ4n) is 2.73. The zero-order valence-electron chi connectivity index (χ0n) is 13.7. The van der Waals surface area contributed by atoms with E-state index in [2.05, 4.69) is 10.3 Å². The fourth-order valence-corrected chi connectivity index (χ4v) is 2.73. The molecule has 0 saturated carbocycles. The number of pyridine rings is 1. The first-order valence-corrected chi connectivity index (χ1v) is 7.90. The number of nitrogens with zero attached hydrogens (tertiary/aromatic N) is 1. The van der Waals surface area contributed by atoms with Crippen molar-refractivity contribution < 1.29 is 22.6 Å². The van der Waals surface area contributed by atoms with Crippen LogP contribution in [0.1, 0.15) is 32.8 Å². The first kappa shape index (κ1) is 16.7. The number of fused-ring (bicyclic) bond motifs is 3. The molecule has 1 aliphatic heterocycles. The van der Waals surface area contributed by atoms with Crippen molar-refractivity contribution in [1.29, 1.82) is 0 Å². The summed E-state index contributed by atoms with van der Waals surface area (Å²) in [5.41, 5.74) is -0.0295. The molecular formula is C17H19F3N2O2. The van der Waals surface area contributed by atoms with Crippen molar-refractivity contribution >= 4 is 16.6 Å². The lowest BCUT2D eigenvalue weighted by Crippen LogP contribution is -2.30. The number of ether oxygens (including phenoxy) is 2. The molecule has 1 atom stereocenters. The summed E-state index contributed by atoms with van der Waals surface area (Å²) in [5.74, 6) is 0.160. The second-order valence-electron chi connectivity index (χ2n) is 6.07. The third-order valence-electron chi connectivity index (χ3n) is 3.85. The van der Waals surface area contributed by atoms with Gasteiger partial charge in [0, 0.05) is 6.07 Å². The van der Waals surface area contributed by atoms with Gasteiger partial charge in [-0.15, -0.1) is 0 Å². The lowest BCUT2D eigenvalue weighted by Gasteiger charge is -2.28. The molecule has 1 aromatic heterocycles. The molecule has 0 fully saturated rings. The summed E-state index contributed by atoms with van der Waals surface area (Å²) in [4.78, 5) is 4.21. The molecule has 1 aliphatic rings. The molecule has 0 spiro atoms. The van der Waals surface area contributed by atoms with Crippen LogP contribution in [0.4, 0.5) is 18.9 Å². The maximum Gasteiger partial charge on any atom is 0.417 e. The van der Waals surface area contributed by atoms with Crippen LogP contribution in [0.2, 0.25) is 0 Å². The minimum Gasteiger partial charge on any atom is -0.489 e. The molecule has 1 N–H and O–H groups in total. The Labute approximate surface area is 138 Å². The van der Waals surface area contributed by atoms with Gasteiger partial charge in [0.05, 0.1) is 34.3 Å². The zero-order chi connectivity index (χ0) is 17.5. The van der Waals surface area contributed by atoms with E-state index in [1.807, 2.05) is 6.92 Å². The Kier molecular flexibility index (Phi) is 4.19. The van der Waals surface area contributed by atoms with Gasteiger partial charge in [0.2, 0.25) is 5.88 Å². The number of nitrogens with one attached hydrogen (secondary N) is 1. The molecule has 0 bridgehead atoms. The number of rotatable bonds is 3. The Morgan fingerprint density at radius 3 is 2.75 bits per heavy atom. The summed E-state index contributed by atoms with van der Waals surface area (Å²) in [6.07, 6.45) is -3.98. The lowest BCUT2D eigenvalue weighted by molar-refractivity contribution is -0.136. The van der Waals surface area contributed by atoms with Crippen LogP contribution in [-0.4, -0.2) is 23.7 Å². The molecule has 2 heterocycles. The van der Waals surface area contributed by atoms with Gasteiger partial charge in [-0.25, -0.2) is 4.98 Å². The average molecular weight is 340 g/mol. The molecule has 0 saturated heterocycles. The highest BCUT2D eigenvalue weighted by molar-refractivity contribution is 5.95. The second kappa shape index (κ2) is 6.03. The van der Waals surface area contributed by atoms with Crippen LogP contribution in [0, 0.1) is 0 Å². The van der Waals surface area contributed by atoms with Gasteiger partial charge >= 0.3 is 6.18 Å². The number of halogens is 3. The first-order valence-electron chi connectivity index (χ1n) is 7.90. The van der Waals surface area contributed by atoms with Crippen molar-refractivity contribution in [3.8, 4) is 11.6 Å². The maximum atomic E-state index is 13.6. The summed E-state index contributed by atoms with van der Waals surface area (Å²) in [6, 6.07) is 4.29. The molecule has 0 amide bonds. The Hall–Kier alpha value is -2.18. The molecule has 24 heavy (non-hydrogen) atoms. The van der Waals surface area contributed by atoms with E-state index >= 15 is 0 Å². The van der Waals surface area contributed by atoms with E-state index in [0.717, 1.165) is 12.5 Å². The number of anilines is 1. The molecule has 2 aromatic rings. The Morgan fingerprint density at radius 2 is 2.12 bits per heavy atom. The van der Waals surface area contributed by atoms with Crippen LogP contribution in [0.5, 0.6) is 11.6 Å². The van der Waals surface area contributed by atoms with Gasteiger partial charge in [0.15, 0.2) is 5.75 Å². The van der Waals surface area contributed by atoms with E-state index < -0.39 is 11.7 Å². The van der Waals surface area contributed by atoms with E-state index in [9.17, 15) is 13.2 Å². The number of alkyl halides is 3. The molecule has 7 heteroatoms. The number of hydrogen-bond acceptors (Lipinski definition) is 4. The lowest BCUT2D eigenvalue weighted by atomic mass is 10.0. The quantitative estimate of drug-likeness (QED) is 0.885. The van der Waals surface area contributed by atoms with Crippen molar-refractivity contribution in [2.45, 2.75) is 45.5 Å². The number of benzene rings is 1. The van der Waals surface area contributed by atoms with E-state index in [1.165, 1.54) is 0 Å². The molecule has 0 aliphatic carbocycles. The average Bonchev–Trinajstić information content (AvgIpc) is 2.51. The van der Waals surface area contributed by atoms with Gasteiger partial charge < -0.3 is 14.8 Å². The normalized spacial score (nSPS) is 17.4. The Balaban J connectivity index is 2.22. The second-order valence-corrected chi connectivity index (χ2v) is 6.07. The van der Waals surface area contributed by atoms with Crippen LogP contribution in [0.3, 0.4) is 0 Å². The molecule has 1 aromatic carbocycles. The molecule has 4 nitrogen and oxygen atoms in total. The largest absolute Gasteiger partial charge is 0.489 e. The van der Waals surface area contributed by atoms with Gasteiger partial charge in [-0.05, 0) is 32.4 Å². The third-order valence-corrected chi connectivity index (χ3v) is 3.85. The third kappa shape index (κ3) is 3.07.